The molecular weight excluding hydrogens is 436 g/mol. The van der Waals surface area contributed by atoms with Crippen LogP contribution < -0.4 is 14.8 Å². The van der Waals surface area contributed by atoms with Gasteiger partial charge in [-0.25, -0.2) is 0 Å². The Morgan fingerprint density at radius 1 is 1.18 bits per heavy atom. The summed E-state index contributed by atoms with van der Waals surface area (Å²) in [6, 6.07) is 2.80. The van der Waals surface area contributed by atoms with Crippen molar-refractivity contribution in [3.63, 3.8) is 0 Å². The first-order valence-electron chi connectivity index (χ1n) is 12.3. The van der Waals surface area contributed by atoms with E-state index in [2.05, 4.69) is 5.32 Å². The Balaban J connectivity index is 1.88. The SMILES string of the molecule is CCC(C)C1(C(=O)O)NC(c2ccc(OC)c(C)c2OC)C2C(=O)N(C3CCCCC3)C(=O)C21. The van der Waals surface area contributed by atoms with Crippen LogP contribution in [0.3, 0.4) is 0 Å². The maximum absolute atomic E-state index is 13.9. The van der Waals surface area contributed by atoms with Gasteiger partial charge in [0, 0.05) is 23.2 Å². The lowest BCUT2D eigenvalue weighted by atomic mass is 9.72. The number of nitrogens with zero attached hydrogens (tertiary/aromatic N) is 1. The highest BCUT2D eigenvalue weighted by atomic mass is 16.5. The quantitative estimate of drug-likeness (QED) is 0.586. The molecule has 2 heterocycles. The molecule has 186 valence electrons. The summed E-state index contributed by atoms with van der Waals surface area (Å²) in [6.07, 6.45) is 5.16. The standard InChI is InChI=1S/C26H36N2O6/c1-6-14(2)26(25(31)32)20-19(23(29)28(24(20)30)16-10-8-7-9-11-16)21(27-26)17-12-13-18(33-4)15(3)22(17)34-5/h12-14,16,19-21,27H,6-11H2,1-5H3,(H,31,32). The molecule has 0 radical (unpaired) electrons. The van der Waals surface area contributed by atoms with Crippen molar-refractivity contribution >= 4 is 17.8 Å². The van der Waals surface area contributed by atoms with Gasteiger partial charge in [0.05, 0.1) is 26.1 Å². The van der Waals surface area contributed by atoms with E-state index in [-0.39, 0.29) is 23.8 Å². The lowest BCUT2D eigenvalue weighted by molar-refractivity contribution is -0.155. The van der Waals surface area contributed by atoms with E-state index >= 15 is 0 Å². The van der Waals surface area contributed by atoms with Gasteiger partial charge in [0.15, 0.2) is 0 Å². The summed E-state index contributed by atoms with van der Waals surface area (Å²) in [5, 5.41) is 13.9. The molecule has 5 unspecified atom stereocenters. The maximum Gasteiger partial charge on any atom is 0.325 e. The molecular formula is C26H36N2O6. The number of hydrogen-bond donors (Lipinski definition) is 2. The lowest BCUT2D eigenvalue weighted by Crippen LogP contribution is -2.60. The number of hydrogen-bond acceptors (Lipinski definition) is 6. The zero-order valence-corrected chi connectivity index (χ0v) is 20.7. The molecule has 0 spiro atoms. The van der Waals surface area contributed by atoms with Crippen LogP contribution in [0.1, 0.15) is 69.5 Å². The lowest BCUT2D eigenvalue weighted by Gasteiger charge is -2.37. The first-order valence-corrected chi connectivity index (χ1v) is 12.3. The molecule has 2 N–H and O–H groups in total. The van der Waals surface area contributed by atoms with Crippen molar-refractivity contribution < 1.29 is 29.0 Å². The third-order valence-corrected chi connectivity index (χ3v) is 8.46. The molecule has 1 aliphatic carbocycles. The highest BCUT2D eigenvalue weighted by Crippen LogP contribution is 2.54. The molecule has 1 saturated carbocycles. The van der Waals surface area contributed by atoms with Crippen molar-refractivity contribution in [1.29, 1.82) is 0 Å². The number of fused-ring (bicyclic) bond motifs is 1. The van der Waals surface area contributed by atoms with Crippen LogP contribution in [0.5, 0.6) is 11.5 Å². The number of imide groups is 1. The molecule has 3 fully saturated rings. The Morgan fingerprint density at radius 3 is 2.41 bits per heavy atom. The van der Waals surface area contributed by atoms with Crippen molar-refractivity contribution in [2.24, 2.45) is 17.8 Å². The summed E-state index contributed by atoms with van der Waals surface area (Å²) < 4.78 is 11.2. The molecule has 2 aliphatic heterocycles. The molecule has 34 heavy (non-hydrogen) atoms. The molecule has 0 aromatic heterocycles. The number of benzene rings is 1. The van der Waals surface area contributed by atoms with E-state index in [1.54, 1.807) is 20.3 Å². The Kier molecular flexibility index (Phi) is 6.64. The predicted octanol–water partition coefficient (Wildman–Crippen LogP) is 3.46. The molecule has 4 rings (SSSR count). The summed E-state index contributed by atoms with van der Waals surface area (Å²) in [7, 11) is 3.12. The van der Waals surface area contributed by atoms with Gasteiger partial charge in [-0.2, -0.15) is 0 Å². The average molecular weight is 473 g/mol. The van der Waals surface area contributed by atoms with Crippen LogP contribution in [-0.4, -0.2) is 53.6 Å². The molecule has 0 bridgehead atoms. The summed E-state index contributed by atoms with van der Waals surface area (Å²) in [4.78, 5) is 42.1. The van der Waals surface area contributed by atoms with Crippen LogP contribution >= 0.6 is 0 Å². The zero-order chi connectivity index (χ0) is 24.8. The molecule has 2 amide bonds. The minimum atomic E-state index is -1.54. The number of carboxylic acids is 1. The second kappa shape index (κ2) is 9.21. The normalized spacial score (nSPS) is 30.4. The van der Waals surface area contributed by atoms with Crippen LogP contribution in [0.15, 0.2) is 12.1 Å². The third kappa shape index (κ3) is 3.41. The van der Waals surface area contributed by atoms with Gasteiger partial charge in [-0.15, -0.1) is 0 Å². The molecule has 2 saturated heterocycles. The third-order valence-electron chi connectivity index (χ3n) is 8.46. The molecule has 1 aromatic rings. The number of carbonyl (C=O) groups is 3. The second-order valence-electron chi connectivity index (χ2n) is 9.96. The molecule has 5 atom stereocenters. The van der Waals surface area contributed by atoms with E-state index in [9.17, 15) is 19.5 Å². The summed E-state index contributed by atoms with van der Waals surface area (Å²) in [6.45, 7) is 5.62. The summed E-state index contributed by atoms with van der Waals surface area (Å²) in [5.41, 5.74) is -0.106. The fraction of sp³-hybridized carbons (Fsp3) is 0.654. The Hall–Kier alpha value is -2.61. The first-order chi connectivity index (χ1) is 16.2. The predicted molar refractivity (Wildman–Crippen MR) is 126 cm³/mol. The van der Waals surface area contributed by atoms with Crippen LogP contribution in [0.25, 0.3) is 0 Å². The topological polar surface area (TPSA) is 105 Å². The van der Waals surface area contributed by atoms with Crippen LogP contribution in [0.4, 0.5) is 0 Å². The number of nitrogens with one attached hydrogen (secondary N) is 1. The van der Waals surface area contributed by atoms with Crippen LogP contribution in [0.2, 0.25) is 0 Å². The Bertz CT molecular complexity index is 988. The number of carbonyl (C=O) groups excluding carboxylic acids is 2. The average Bonchev–Trinajstić information content (AvgIpc) is 3.33. The van der Waals surface area contributed by atoms with Gasteiger partial charge in [0.25, 0.3) is 0 Å². The number of methoxy groups -OCH3 is 2. The van der Waals surface area contributed by atoms with E-state index in [4.69, 9.17) is 9.47 Å². The number of likely N-dealkylation sites (tertiary alicyclic amines) is 1. The van der Waals surface area contributed by atoms with Crippen molar-refractivity contribution in [2.45, 2.75) is 76.9 Å². The van der Waals surface area contributed by atoms with E-state index in [1.165, 1.54) is 4.90 Å². The van der Waals surface area contributed by atoms with Crippen molar-refractivity contribution in [1.82, 2.24) is 10.2 Å². The molecule has 1 aromatic carbocycles. The minimum Gasteiger partial charge on any atom is -0.496 e. The Morgan fingerprint density at radius 2 is 1.85 bits per heavy atom. The largest absolute Gasteiger partial charge is 0.496 e. The zero-order valence-electron chi connectivity index (χ0n) is 20.7. The van der Waals surface area contributed by atoms with Crippen molar-refractivity contribution in [3.8, 4) is 11.5 Å². The van der Waals surface area contributed by atoms with Gasteiger partial charge in [0.1, 0.15) is 17.0 Å². The van der Waals surface area contributed by atoms with E-state index < -0.39 is 29.4 Å². The number of amides is 2. The van der Waals surface area contributed by atoms with Gasteiger partial charge in [-0.05, 0) is 31.7 Å². The van der Waals surface area contributed by atoms with Gasteiger partial charge in [-0.3, -0.25) is 24.6 Å². The summed E-state index contributed by atoms with van der Waals surface area (Å²) in [5.74, 6) is -2.65. The van der Waals surface area contributed by atoms with Crippen LogP contribution in [0, 0.1) is 24.7 Å². The van der Waals surface area contributed by atoms with E-state index in [0.29, 0.717) is 23.5 Å². The highest BCUT2D eigenvalue weighted by Gasteiger charge is 2.70. The molecule has 3 aliphatic rings. The highest BCUT2D eigenvalue weighted by molar-refractivity contribution is 6.10. The maximum atomic E-state index is 13.9. The Labute approximate surface area is 201 Å². The fourth-order valence-electron chi connectivity index (χ4n) is 6.54. The van der Waals surface area contributed by atoms with Crippen molar-refractivity contribution in [3.05, 3.63) is 23.3 Å². The summed E-state index contributed by atoms with van der Waals surface area (Å²) >= 11 is 0. The van der Waals surface area contributed by atoms with Gasteiger partial charge >= 0.3 is 5.97 Å². The first kappa shape index (κ1) is 24.5. The number of ether oxygens (including phenoxy) is 2. The number of rotatable bonds is 7. The monoisotopic (exact) mass is 472 g/mol. The molecule has 8 heteroatoms. The van der Waals surface area contributed by atoms with Gasteiger partial charge < -0.3 is 14.6 Å². The fourth-order valence-corrected chi connectivity index (χ4v) is 6.54. The minimum absolute atomic E-state index is 0.150. The van der Waals surface area contributed by atoms with Gasteiger partial charge in [0.2, 0.25) is 11.8 Å². The number of aliphatic carboxylic acids is 1. The number of carboxylic acid groups (broad SMARTS) is 1. The second-order valence-corrected chi connectivity index (χ2v) is 9.96. The van der Waals surface area contributed by atoms with Gasteiger partial charge in [-0.1, -0.05) is 45.6 Å². The molecule has 8 nitrogen and oxygen atoms in total. The van der Waals surface area contributed by atoms with E-state index in [1.807, 2.05) is 26.8 Å². The van der Waals surface area contributed by atoms with E-state index in [0.717, 1.165) is 37.7 Å². The van der Waals surface area contributed by atoms with Crippen molar-refractivity contribution in [2.75, 3.05) is 14.2 Å². The smallest absolute Gasteiger partial charge is 0.325 e. The van der Waals surface area contributed by atoms with Crippen LogP contribution in [-0.2, 0) is 14.4 Å².